The van der Waals surface area contributed by atoms with E-state index in [1.807, 2.05) is 25.1 Å². The molecule has 0 aliphatic heterocycles. The fourth-order valence-corrected chi connectivity index (χ4v) is 3.20. The van der Waals surface area contributed by atoms with Crippen LogP contribution in [0.4, 0.5) is 10.1 Å². The minimum Gasteiger partial charge on any atom is -0.490 e. The molecule has 0 saturated heterocycles. The summed E-state index contributed by atoms with van der Waals surface area (Å²) >= 11 is 18.1. The Labute approximate surface area is 184 Å². The average Bonchev–Trinajstić information content (AvgIpc) is 2.70. The van der Waals surface area contributed by atoms with Crippen LogP contribution in [0.2, 0.25) is 15.1 Å². The van der Waals surface area contributed by atoms with Gasteiger partial charge in [0, 0.05) is 17.8 Å². The molecule has 3 nitrogen and oxygen atoms in total. The third-order valence-electron chi connectivity index (χ3n) is 4.16. The van der Waals surface area contributed by atoms with E-state index in [2.05, 4.69) is 5.32 Å². The number of benzene rings is 3. The molecule has 0 aromatic heterocycles. The quantitative estimate of drug-likeness (QED) is 0.385. The molecule has 0 amide bonds. The Morgan fingerprint density at radius 1 is 0.862 bits per heavy atom. The van der Waals surface area contributed by atoms with Crippen molar-refractivity contribution in [2.45, 2.75) is 20.1 Å². The Hall–Kier alpha value is -2.14. The van der Waals surface area contributed by atoms with E-state index in [1.54, 1.807) is 30.3 Å². The minimum atomic E-state index is -0.405. The van der Waals surface area contributed by atoms with Crippen molar-refractivity contribution in [2.24, 2.45) is 0 Å². The molecule has 0 aliphatic carbocycles. The van der Waals surface area contributed by atoms with Gasteiger partial charge in [-0.15, -0.1) is 0 Å². The van der Waals surface area contributed by atoms with E-state index in [0.29, 0.717) is 45.3 Å². The van der Waals surface area contributed by atoms with Crippen LogP contribution in [0.3, 0.4) is 0 Å². The largest absolute Gasteiger partial charge is 0.490 e. The fourth-order valence-electron chi connectivity index (χ4n) is 2.68. The second kappa shape index (κ2) is 10.1. The van der Waals surface area contributed by atoms with E-state index < -0.39 is 5.82 Å². The molecule has 1 N–H and O–H groups in total. The maximum Gasteiger partial charge on any atom is 0.161 e. The van der Waals surface area contributed by atoms with Crippen molar-refractivity contribution >= 4 is 40.5 Å². The summed E-state index contributed by atoms with van der Waals surface area (Å²) in [6.07, 6.45) is 0. The molecule has 0 fully saturated rings. The van der Waals surface area contributed by atoms with E-state index in [4.69, 9.17) is 44.3 Å². The zero-order valence-corrected chi connectivity index (χ0v) is 17.9. The van der Waals surface area contributed by atoms with Gasteiger partial charge in [0.25, 0.3) is 0 Å². The third kappa shape index (κ3) is 5.69. The molecule has 7 heteroatoms. The number of nitrogens with one attached hydrogen (secondary N) is 1. The third-order valence-corrected chi connectivity index (χ3v) is 5.25. The first-order valence-electron chi connectivity index (χ1n) is 8.98. The lowest BCUT2D eigenvalue weighted by atomic mass is 10.2. The topological polar surface area (TPSA) is 30.5 Å². The zero-order chi connectivity index (χ0) is 20.8. The summed E-state index contributed by atoms with van der Waals surface area (Å²) in [6.45, 7) is 2.92. The monoisotopic (exact) mass is 453 g/mol. The van der Waals surface area contributed by atoms with Crippen LogP contribution in [0.5, 0.6) is 11.5 Å². The molecule has 0 spiro atoms. The number of anilines is 1. The van der Waals surface area contributed by atoms with Gasteiger partial charge in [0.05, 0.1) is 21.7 Å². The van der Waals surface area contributed by atoms with Gasteiger partial charge in [-0.05, 0) is 55.0 Å². The highest BCUT2D eigenvalue weighted by molar-refractivity contribution is 6.42. The molecule has 29 heavy (non-hydrogen) atoms. The summed E-state index contributed by atoms with van der Waals surface area (Å²) in [7, 11) is 0. The van der Waals surface area contributed by atoms with Crippen molar-refractivity contribution in [3.05, 3.63) is 86.6 Å². The molecular weight excluding hydrogens is 436 g/mol. The van der Waals surface area contributed by atoms with Crippen molar-refractivity contribution in [2.75, 3.05) is 11.9 Å². The minimum absolute atomic E-state index is 0.00640. The molecule has 152 valence electrons. The molecule has 0 atom stereocenters. The summed E-state index contributed by atoms with van der Waals surface area (Å²) in [4.78, 5) is 0. The van der Waals surface area contributed by atoms with Crippen LogP contribution >= 0.6 is 34.8 Å². The first kappa shape index (κ1) is 21.6. The van der Waals surface area contributed by atoms with Crippen LogP contribution in [0, 0.1) is 5.82 Å². The van der Waals surface area contributed by atoms with Gasteiger partial charge < -0.3 is 14.8 Å². The second-order valence-electron chi connectivity index (χ2n) is 6.19. The van der Waals surface area contributed by atoms with Crippen LogP contribution < -0.4 is 14.8 Å². The molecule has 0 saturated carbocycles. The molecule has 3 rings (SSSR count). The Morgan fingerprint density at radius 2 is 1.69 bits per heavy atom. The van der Waals surface area contributed by atoms with Crippen molar-refractivity contribution in [3.63, 3.8) is 0 Å². The van der Waals surface area contributed by atoms with Crippen LogP contribution in [0.25, 0.3) is 0 Å². The molecule has 0 bridgehead atoms. The number of ether oxygens (including phenoxy) is 2. The zero-order valence-electron chi connectivity index (χ0n) is 15.6. The second-order valence-corrected chi connectivity index (χ2v) is 7.41. The van der Waals surface area contributed by atoms with Crippen molar-refractivity contribution in [3.8, 4) is 11.5 Å². The highest BCUT2D eigenvalue weighted by atomic mass is 35.5. The summed E-state index contributed by atoms with van der Waals surface area (Å²) in [5.41, 5.74) is 2.14. The van der Waals surface area contributed by atoms with E-state index in [1.165, 1.54) is 6.07 Å². The van der Waals surface area contributed by atoms with Gasteiger partial charge in [0.1, 0.15) is 12.4 Å². The van der Waals surface area contributed by atoms with Crippen molar-refractivity contribution in [1.29, 1.82) is 0 Å². The van der Waals surface area contributed by atoms with Crippen LogP contribution in [-0.4, -0.2) is 6.61 Å². The molecule has 0 unspecified atom stereocenters. The first-order chi connectivity index (χ1) is 14.0. The Balaban J connectivity index is 1.71. The Bertz CT molecular complexity index is 978. The number of hydrogen-bond acceptors (Lipinski definition) is 3. The Kier molecular flexibility index (Phi) is 7.48. The van der Waals surface area contributed by atoms with E-state index in [0.717, 1.165) is 11.3 Å². The smallest absolute Gasteiger partial charge is 0.161 e. The predicted octanol–water partition coefficient (Wildman–Crippen LogP) is 7.38. The summed E-state index contributed by atoms with van der Waals surface area (Å²) in [5, 5.41) is 4.60. The van der Waals surface area contributed by atoms with Gasteiger partial charge in [-0.1, -0.05) is 46.9 Å². The van der Waals surface area contributed by atoms with Crippen molar-refractivity contribution in [1.82, 2.24) is 0 Å². The lowest BCUT2D eigenvalue weighted by Gasteiger charge is -2.15. The van der Waals surface area contributed by atoms with Gasteiger partial charge in [-0.25, -0.2) is 4.39 Å². The highest BCUT2D eigenvalue weighted by Gasteiger charge is 2.11. The molecule has 3 aromatic rings. The SMILES string of the molecule is CCOc1cc(CNc2ccc(Cl)c(Cl)c2)ccc1OCc1c(F)cccc1Cl. The van der Waals surface area contributed by atoms with E-state index in [9.17, 15) is 4.39 Å². The normalized spacial score (nSPS) is 10.7. The van der Waals surface area contributed by atoms with Crippen molar-refractivity contribution < 1.29 is 13.9 Å². The fraction of sp³-hybridized carbons (Fsp3) is 0.182. The molecule has 0 heterocycles. The van der Waals surface area contributed by atoms with Gasteiger partial charge in [0.15, 0.2) is 11.5 Å². The van der Waals surface area contributed by atoms with Gasteiger partial charge in [-0.2, -0.15) is 0 Å². The lowest BCUT2D eigenvalue weighted by Crippen LogP contribution is -2.04. The summed E-state index contributed by atoms with van der Waals surface area (Å²) < 4.78 is 25.4. The number of rotatable bonds is 8. The molecule has 0 radical (unpaired) electrons. The van der Waals surface area contributed by atoms with Crippen LogP contribution in [0.1, 0.15) is 18.1 Å². The Morgan fingerprint density at radius 3 is 2.41 bits per heavy atom. The van der Waals surface area contributed by atoms with E-state index in [-0.39, 0.29) is 6.61 Å². The summed E-state index contributed by atoms with van der Waals surface area (Å²) in [6, 6.07) is 15.5. The maximum absolute atomic E-state index is 14.0. The van der Waals surface area contributed by atoms with Crippen LogP contribution in [0.15, 0.2) is 54.6 Å². The van der Waals surface area contributed by atoms with Gasteiger partial charge >= 0.3 is 0 Å². The first-order valence-corrected chi connectivity index (χ1v) is 10.1. The predicted molar refractivity (Wildman–Crippen MR) is 117 cm³/mol. The van der Waals surface area contributed by atoms with E-state index >= 15 is 0 Å². The summed E-state index contributed by atoms with van der Waals surface area (Å²) in [5.74, 6) is 0.691. The van der Waals surface area contributed by atoms with Gasteiger partial charge in [0.2, 0.25) is 0 Å². The number of hydrogen-bond donors (Lipinski definition) is 1. The average molecular weight is 455 g/mol. The molecule has 3 aromatic carbocycles. The standard InChI is InChI=1S/C22H19Cl3FNO2/c1-2-28-22-10-14(12-27-15-7-8-18(24)19(25)11-15)6-9-21(22)29-13-16-17(23)4-3-5-20(16)26/h3-11,27H,2,12-13H2,1H3. The lowest BCUT2D eigenvalue weighted by molar-refractivity contribution is 0.265. The molecule has 0 aliphatic rings. The highest BCUT2D eigenvalue weighted by Crippen LogP contribution is 2.31. The maximum atomic E-state index is 14.0. The molecular formula is C22H19Cl3FNO2. The number of halogens is 4. The van der Waals surface area contributed by atoms with Crippen LogP contribution in [-0.2, 0) is 13.2 Å². The van der Waals surface area contributed by atoms with Gasteiger partial charge in [-0.3, -0.25) is 0 Å².